The van der Waals surface area contributed by atoms with E-state index in [2.05, 4.69) is 5.32 Å². The zero-order valence-corrected chi connectivity index (χ0v) is 17.9. The molecule has 3 rings (SSSR count). The van der Waals surface area contributed by atoms with E-state index in [4.69, 9.17) is 4.74 Å². The molecule has 1 heterocycles. The van der Waals surface area contributed by atoms with E-state index < -0.39 is 6.04 Å². The first-order valence-corrected chi connectivity index (χ1v) is 10.8. The highest BCUT2D eigenvalue weighted by Gasteiger charge is 2.32. The number of carbonyl (C=O) groups is 2. The summed E-state index contributed by atoms with van der Waals surface area (Å²) in [5.41, 5.74) is 2.04. The van der Waals surface area contributed by atoms with Crippen LogP contribution < -0.4 is 5.32 Å². The lowest BCUT2D eigenvalue weighted by Gasteiger charge is -2.33. The quantitative estimate of drug-likeness (QED) is 0.690. The van der Waals surface area contributed by atoms with Crippen molar-refractivity contribution in [3.63, 3.8) is 0 Å². The molecule has 5 heteroatoms. The third-order valence-electron chi connectivity index (χ3n) is 5.45. The molecule has 0 spiro atoms. The molecule has 30 heavy (non-hydrogen) atoms. The third kappa shape index (κ3) is 6.17. The van der Waals surface area contributed by atoms with Crippen LogP contribution in [-0.4, -0.2) is 42.0 Å². The summed E-state index contributed by atoms with van der Waals surface area (Å²) < 4.78 is 5.65. The molecule has 0 aromatic heterocycles. The van der Waals surface area contributed by atoms with Gasteiger partial charge in [-0.15, -0.1) is 0 Å². The minimum atomic E-state index is -0.580. The maximum absolute atomic E-state index is 13.3. The van der Waals surface area contributed by atoms with E-state index in [0.717, 1.165) is 30.6 Å². The monoisotopic (exact) mass is 408 g/mol. The molecule has 1 aliphatic heterocycles. The molecule has 1 saturated heterocycles. The molecule has 5 nitrogen and oxygen atoms in total. The smallest absolute Gasteiger partial charge is 0.243 e. The van der Waals surface area contributed by atoms with E-state index in [-0.39, 0.29) is 23.8 Å². The van der Waals surface area contributed by atoms with Gasteiger partial charge >= 0.3 is 0 Å². The second kappa shape index (κ2) is 10.9. The molecule has 0 radical (unpaired) electrons. The summed E-state index contributed by atoms with van der Waals surface area (Å²) in [6, 6.07) is 19.1. The Morgan fingerprint density at radius 2 is 1.67 bits per heavy atom. The molecule has 2 aromatic rings. The van der Waals surface area contributed by atoms with Crippen molar-refractivity contribution in [2.24, 2.45) is 5.92 Å². The van der Waals surface area contributed by atoms with E-state index in [0.29, 0.717) is 19.5 Å². The first-order valence-electron chi connectivity index (χ1n) is 10.8. The summed E-state index contributed by atoms with van der Waals surface area (Å²) in [4.78, 5) is 28.2. The van der Waals surface area contributed by atoms with E-state index >= 15 is 0 Å². The summed E-state index contributed by atoms with van der Waals surface area (Å²) in [5, 5.41) is 3.05. The number of hydrogen-bond donors (Lipinski definition) is 1. The van der Waals surface area contributed by atoms with Crippen LogP contribution in [0.2, 0.25) is 0 Å². The number of nitrogens with one attached hydrogen (secondary N) is 1. The second-order valence-corrected chi connectivity index (χ2v) is 8.19. The highest BCUT2D eigenvalue weighted by Crippen LogP contribution is 2.18. The average molecular weight is 409 g/mol. The minimum Gasteiger partial charge on any atom is -0.376 e. The van der Waals surface area contributed by atoms with Crippen molar-refractivity contribution in [3.8, 4) is 0 Å². The standard InChI is InChI=1S/C25H32N2O3/c1-19(2)25(29)27(18-21-12-7-4-8-13-21)23(16-20-10-5-3-6-11-20)24(28)26-17-22-14-9-15-30-22/h3-8,10-13,19,22-23H,9,14-18H2,1-2H3,(H,26,28)/t22-,23-/m1/s1. The first kappa shape index (κ1) is 22.0. The van der Waals surface area contributed by atoms with Crippen molar-refractivity contribution >= 4 is 11.8 Å². The predicted octanol–water partition coefficient (Wildman–Crippen LogP) is 3.58. The topological polar surface area (TPSA) is 58.6 Å². The van der Waals surface area contributed by atoms with E-state index in [1.165, 1.54) is 0 Å². The number of rotatable bonds is 9. The van der Waals surface area contributed by atoms with Crippen molar-refractivity contribution in [1.29, 1.82) is 0 Å². The molecule has 0 aliphatic carbocycles. The lowest BCUT2D eigenvalue weighted by atomic mass is 10.0. The number of nitrogens with zero attached hydrogens (tertiary/aromatic N) is 1. The molecule has 2 amide bonds. The fourth-order valence-corrected chi connectivity index (χ4v) is 3.77. The van der Waals surface area contributed by atoms with Crippen molar-refractivity contribution in [2.75, 3.05) is 13.2 Å². The van der Waals surface area contributed by atoms with Crippen LogP contribution in [-0.2, 0) is 27.3 Å². The molecule has 2 atom stereocenters. The molecular weight excluding hydrogens is 376 g/mol. The third-order valence-corrected chi connectivity index (χ3v) is 5.45. The van der Waals surface area contributed by atoms with Crippen molar-refractivity contribution in [3.05, 3.63) is 71.8 Å². The summed E-state index contributed by atoms with van der Waals surface area (Å²) in [6.07, 6.45) is 2.53. The number of ether oxygens (including phenoxy) is 1. The van der Waals surface area contributed by atoms with E-state index in [1.54, 1.807) is 4.90 Å². The molecule has 1 aliphatic rings. The van der Waals surface area contributed by atoms with Crippen LogP contribution in [0.4, 0.5) is 0 Å². The Morgan fingerprint density at radius 3 is 2.23 bits per heavy atom. The van der Waals surface area contributed by atoms with Gasteiger partial charge in [0.15, 0.2) is 0 Å². The van der Waals surface area contributed by atoms with Crippen molar-refractivity contribution in [2.45, 2.75) is 51.8 Å². The molecule has 1 N–H and O–H groups in total. The SMILES string of the molecule is CC(C)C(=O)N(Cc1ccccc1)[C@H](Cc1ccccc1)C(=O)NC[C@H]1CCCO1. The number of hydrogen-bond acceptors (Lipinski definition) is 3. The fourth-order valence-electron chi connectivity index (χ4n) is 3.77. The Morgan fingerprint density at radius 1 is 1.03 bits per heavy atom. The zero-order valence-electron chi connectivity index (χ0n) is 17.9. The minimum absolute atomic E-state index is 0.0212. The molecule has 160 valence electrons. The van der Waals surface area contributed by atoms with Gasteiger partial charge in [-0.05, 0) is 24.0 Å². The zero-order chi connectivity index (χ0) is 21.3. The Labute approximate surface area is 179 Å². The van der Waals surface area contributed by atoms with E-state index in [1.807, 2.05) is 74.5 Å². The first-order chi connectivity index (χ1) is 14.5. The molecule has 2 aromatic carbocycles. The average Bonchev–Trinajstić information content (AvgIpc) is 3.29. The van der Waals surface area contributed by atoms with Gasteiger partial charge in [-0.1, -0.05) is 74.5 Å². The summed E-state index contributed by atoms with van der Waals surface area (Å²) in [7, 11) is 0. The van der Waals surface area contributed by atoms with Crippen LogP contribution in [0.3, 0.4) is 0 Å². The highest BCUT2D eigenvalue weighted by molar-refractivity contribution is 5.88. The van der Waals surface area contributed by atoms with E-state index in [9.17, 15) is 9.59 Å². The summed E-state index contributed by atoms with van der Waals surface area (Å²) in [6.45, 7) is 5.40. The highest BCUT2D eigenvalue weighted by atomic mass is 16.5. The Bertz CT molecular complexity index is 802. The maximum atomic E-state index is 13.3. The molecule has 0 bridgehead atoms. The second-order valence-electron chi connectivity index (χ2n) is 8.19. The van der Waals surface area contributed by atoms with Gasteiger partial charge in [0, 0.05) is 32.0 Å². The van der Waals surface area contributed by atoms with Gasteiger partial charge < -0.3 is 15.0 Å². The van der Waals surface area contributed by atoms with Gasteiger partial charge in [0.05, 0.1) is 6.10 Å². The van der Waals surface area contributed by atoms with Gasteiger partial charge in [0.2, 0.25) is 11.8 Å². The lowest BCUT2D eigenvalue weighted by Crippen LogP contribution is -2.52. The summed E-state index contributed by atoms with van der Waals surface area (Å²) in [5.74, 6) is -0.343. The van der Waals surface area contributed by atoms with Gasteiger partial charge in [-0.2, -0.15) is 0 Å². The number of carbonyl (C=O) groups excluding carboxylic acids is 2. The van der Waals surface area contributed by atoms with Crippen LogP contribution in [0.1, 0.15) is 37.8 Å². The Hall–Kier alpha value is -2.66. The normalized spacial score (nSPS) is 17.0. The van der Waals surface area contributed by atoms with Gasteiger partial charge in [-0.3, -0.25) is 9.59 Å². The Balaban J connectivity index is 1.84. The summed E-state index contributed by atoms with van der Waals surface area (Å²) >= 11 is 0. The number of amides is 2. The van der Waals surface area contributed by atoms with Crippen LogP contribution in [0, 0.1) is 5.92 Å². The predicted molar refractivity (Wildman–Crippen MR) is 118 cm³/mol. The fraction of sp³-hybridized carbons (Fsp3) is 0.440. The van der Waals surface area contributed by atoms with Crippen molar-refractivity contribution in [1.82, 2.24) is 10.2 Å². The molecule has 0 unspecified atom stereocenters. The van der Waals surface area contributed by atoms with Gasteiger partial charge in [-0.25, -0.2) is 0 Å². The van der Waals surface area contributed by atoms with Gasteiger partial charge in [0.25, 0.3) is 0 Å². The van der Waals surface area contributed by atoms with Crippen LogP contribution in [0.25, 0.3) is 0 Å². The largest absolute Gasteiger partial charge is 0.376 e. The number of benzene rings is 2. The van der Waals surface area contributed by atoms with Crippen molar-refractivity contribution < 1.29 is 14.3 Å². The lowest BCUT2D eigenvalue weighted by molar-refractivity contribution is -0.143. The van der Waals surface area contributed by atoms with Crippen LogP contribution in [0.5, 0.6) is 0 Å². The van der Waals surface area contributed by atoms with Crippen LogP contribution in [0.15, 0.2) is 60.7 Å². The van der Waals surface area contributed by atoms with Gasteiger partial charge in [0.1, 0.15) is 6.04 Å². The Kier molecular flexibility index (Phi) is 8.03. The molecular formula is C25H32N2O3. The van der Waals surface area contributed by atoms with Crippen LogP contribution >= 0.6 is 0 Å². The molecule has 1 fully saturated rings. The maximum Gasteiger partial charge on any atom is 0.243 e. The molecule has 0 saturated carbocycles.